The lowest BCUT2D eigenvalue weighted by atomic mass is 9.85. The number of hydrogen-bond acceptors (Lipinski definition) is 5. The van der Waals surface area contributed by atoms with E-state index in [-0.39, 0.29) is 17.5 Å². The average molecular weight is 408 g/mol. The van der Waals surface area contributed by atoms with Gasteiger partial charge in [0.05, 0.1) is 10.8 Å². The van der Waals surface area contributed by atoms with Gasteiger partial charge in [0.15, 0.2) is 0 Å². The molecule has 7 heteroatoms. The van der Waals surface area contributed by atoms with E-state index in [0.717, 1.165) is 12.8 Å². The maximum atomic E-state index is 12.8. The molecule has 0 amide bonds. The van der Waals surface area contributed by atoms with Gasteiger partial charge in [-0.2, -0.15) is 0 Å². The number of nitrogens with one attached hydrogen (secondary N) is 1. The second-order valence-corrected chi connectivity index (χ2v) is 9.55. The summed E-state index contributed by atoms with van der Waals surface area (Å²) < 4.78 is 39.2. The van der Waals surface area contributed by atoms with Crippen LogP contribution < -0.4 is 9.46 Å². The molecule has 6 nitrogen and oxygen atoms in total. The van der Waals surface area contributed by atoms with Crippen LogP contribution in [-0.4, -0.2) is 32.6 Å². The summed E-state index contributed by atoms with van der Waals surface area (Å²) in [7, 11) is -3.75. The maximum Gasteiger partial charge on any atom is 0.311 e. The minimum absolute atomic E-state index is 0.134. The third-order valence-electron chi connectivity index (χ3n) is 4.40. The fraction of sp³-hybridized carbons (Fsp3) is 0.571. The highest BCUT2D eigenvalue weighted by Gasteiger charge is 2.36. The van der Waals surface area contributed by atoms with Crippen molar-refractivity contribution in [1.29, 1.82) is 0 Å². The third kappa shape index (κ3) is 6.54. The van der Waals surface area contributed by atoms with Crippen molar-refractivity contribution in [3.8, 4) is 17.6 Å². The number of esters is 1. The topological polar surface area (TPSA) is 81.7 Å². The van der Waals surface area contributed by atoms with Crippen LogP contribution in [0.5, 0.6) is 5.75 Å². The molecule has 1 aliphatic carbocycles. The normalized spacial score (nSPS) is 20.0. The Hall–Kier alpha value is -2.04. The minimum Gasteiger partial charge on any atom is -0.481 e. The van der Waals surface area contributed by atoms with Crippen molar-refractivity contribution in [3.05, 3.63) is 24.3 Å². The van der Waals surface area contributed by atoms with E-state index >= 15 is 0 Å². The molecule has 154 valence electrons. The smallest absolute Gasteiger partial charge is 0.311 e. The molecular weight excluding hydrogens is 378 g/mol. The molecule has 1 aromatic rings. The number of carbonyl (C=O) groups excluding carboxylic acids is 1. The van der Waals surface area contributed by atoms with E-state index in [1.165, 1.54) is 12.1 Å². The van der Waals surface area contributed by atoms with Gasteiger partial charge in [-0.25, -0.2) is 13.1 Å². The first-order valence-corrected chi connectivity index (χ1v) is 11.0. The van der Waals surface area contributed by atoms with Crippen LogP contribution in [0.1, 0.15) is 53.4 Å². The lowest BCUT2D eigenvalue weighted by Gasteiger charge is -2.32. The third-order valence-corrected chi connectivity index (χ3v) is 5.91. The molecule has 0 heterocycles. The van der Waals surface area contributed by atoms with E-state index in [1.54, 1.807) is 19.1 Å². The average Bonchev–Trinajstić information content (AvgIpc) is 2.61. The maximum absolute atomic E-state index is 12.8. The quantitative estimate of drug-likeness (QED) is 0.578. The van der Waals surface area contributed by atoms with E-state index in [4.69, 9.17) is 9.47 Å². The lowest BCUT2D eigenvalue weighted by molar-refractivity contribution is -0.161. The molecule has 0 bridgehead atoms. The molecular formula is C21H29NO5S. The predicted molar refractivity (Wildman–Crippen MR) is 107 cm³/mol. The molecule has 0 aliphatic heterocycles. The summed E-state index contributed by atoms with van der Waals surface area (Å²) in [6.07, 6.45) is 2.99. The molecule has 0 unspecified atom stereocenters. The molecule has 1 aliphatic rings. The van der Waals surface area contributed by atoms with Gasteiger partial charge in [-0.1, -0.05) is 18.8 Å². The zero-order valence-electron chi connectivity index (χ0n) is 16.9. The van der Waals surface area contributed by atoms with Gasteiger partial charge >= 0.3 is 5.97 Å². The number of hydrogen-bond donors (Lipinski definition) is 1. The van der Waals surface area contributed by atoms with Crippen molar-refractivity contribution < 1.29 is 22.7 Å². The highest BCUT2D eigenvalue weighted by Crippen LogP contribution is 2.28. The summed E-state index contributed by atoms with van der Waals surface area (Å²) in [5.74, 6) is 5.23. The van der Waals surface area contributed by atoms with Crippen molar-refractivity contribution in [1.82, 2.24) is 4.72 Å². The highest BCUT2D eigenvalue weighted by atomic mass is 32.2. The van der Waals surface area contributed by atoms with Crippen LogP contribution in [0.3, 0.4) is 0 Å². The number of sulfonamides is 1. The molecule has 2 rings (SSSR count). The zero-order chi connectivity index (χ0) is 20.8. The first kappa shape index (κ1) is 22.3. The Morgan fingerprint density at radius 3 is 2.43 bits per heavy atom. The summed E-state index contributed by atoms with van der Waals surface area (Å²) in [6.45, 7) is 7.40. The first-order chi connectivity index (χ1) is 13.1. The standard InChI is InChI=1S/C21H29NO5S/c1-5-6-15-26-16-11-13-17(14-12-16)28(24,25)22-19-10-8-7-9-18(19)20(23)27-21(2,3)4/h11-14,18-19,22H,7-10,15H2,1-4H3/t18-,19-/m1/s1. The summed E-state index contributed by atoms with van der Waals surface area (Å²) in [5.41, 5.74) is -0.601. The Kier molecular flexibility index (Phi) is 7.50. The summed E-state index contributed by atoms with van der Waals surface area (Å²) in [5, 5.41) is 0. The molecule has 0 saturated heterocycles. The molecule has 1 N–H and O–H groups in total. The van der Waals surface area contributed by atoms with Crippen LogP contribution >= 0.6 is 0 Å². The Balaban J connectivity index is 2.09. The van der Waals surface area contributed by atoms with E-state index in [9.17, 15) is 13.2 Å². The van der Waals surface area contributed by atoms with Gasteiger partial charge in [-0.05, 0) is 64.8 Å². The van der Waals surface area contributed by atoms with Gasteiger partial charge in [0.2, 0.25) is 10.0 Å². The molecule has 1 fully saturated rings. The molecule has 0 radical (unpaired) electrons. The van der Waals surface area contributed by atoms with E-state index in [1.807, 2.05) is 20.8 Å². The van der Waals surface area contributed by atoms with Gasteiger partial charge in [0.1, 0.15) is 18.0 Å². The highest BCUT2D eigenvalue weighted by molar-refractivity contribution is 7.89. The number of benzene rings is 1. The summed E-state index contributed by atoms with van der Waals surface area (Å²) in [6, 6.07) is 5.70. The SMILES string of the molecule is CC#CCOc1ccc(S(=O)(=O)N[C@@H]2CCCC[C@H]2C(=O)OC(C)(C)C)cc1. The molecule has 28 heavy (non-hydrogen) atoms. The van der Waals surface area contributed by atoms with Crippen LogP contribution in [0, 0.1) is 17.8 Å². The Labute approximate surface area is 168 Å². The lowest BCUT2D eigenvalue weighted by Crippen LogP contribution is -2.46. The largest absolute Gasteiger partial charge is 0.481 e. The Bertz CT molecular complexity index is 828. The summed E-state index contributed by atoms with van der Waals surface area (Å²) >= 11 is 0. The minimum atomic E-state index is -3.75. The Morgan fingerprint density at radius 2 is 1.82 bits per heavy atom. The van der Waals surface area contributed by atoms with Crippen LogP contribution in [0.15, 0.2) is 29.2 Å². The Morgan fingerprint density at radius 1 is 1.18 bits per heavy atom. The van der Waals surface area contributed by atoms with Crippen LogP contribution in [0.2, 0.25) is 0 Å². The molecule has 1 aromatic carbocycles. The van der Waals surface area contributed by atoms with Crippen molar-refractivity contribution in [3.63, 3.8) is 0 Å². The first-order valence-electron chi connectivity index (χ1n) is 9.50. The fourth-order valence-corrected chi connectivity index (χ4v) is 4.42. The van der Waals surface area contributed by atoms with Crippen LogP contribution in [-0.2, 0) is 19.6 Å². The molecule has 0 spiro atoms. The van der Waals surface area contributed by atoms with E-state index in [0.29, 0.717) is 18.6 Å². The number of carbonyl (C=O) groups is 1. The fourth-order valence-electron chi connectivity index (χ4n) is 3.11. The van der Waals surface area contributed by atoms with Gasteiger partial charge in [-0.15, -0.1) is 5.92 Å². The predicted octanol–water partition coefficient (Wildman–Crippen LogP) is 3.27. The second kappa shape index (κ2) is 9.44. The number of rotatable bonds is 6. The molecule has 2 atom stereocenters. The number of ether oxygens (including phenoxy) is 2. The molecule has 1 saturated carbocycles. The van der Waals surface area contributed by atoms with Gasteiger partial charge < -0.3 is 9.47 Å². The van der Waals surface area contributed by atoms with Crippen molar-refractivity contribution in [2.45, 2.75) is 69.9 Å². The van der Waals surface area contributed by atoms with Gasteiger partial charge in [0, 0.05) is 6.04 Å². The van der Waals surface area contributed by atoms with Gasteiger partial charge in [0.25, 0.3) is 0 Å². The van der Waals surface area contributed by atoms with Gasteiger partial charge in [-0.3, -0.25) is 4.79 Å². The van der Waals surface area contributed by atoms with Crippen molar-refractivity contribution in [2.24, 2.45) is 5.92 Å². The zero-order valence-corrected chi connectivity index (χ0v) is 17.8. The van der Waals surface area contributed by atoms with Crippen LogP contribution in [0.4, 0.5) is 0 Å². The monoisotopic (exact) mass is 407 g/mol. The van der Waals surface area contributed by atoms with Crippen molar-refractivity contribution >= 4 is 16.0 Å². The molecule has 0 aromatic heterocycles. The van der Waals surface area contributed by atoms with Crippen molar-refractivity contribution in [2.75, 3.05) is 6.61 Å². The van der Waals surface area contributed by atoms with Crippen LogP contribution in [0.25, 0.3) is 0 Å². The summed E-state index contributed by atoms with van der Waals surface area (Å²) in [4.78, 5) is 12.7. The second-order valence-electron chi connectivity index (χ2n) is 7.84. The van der Waals surface area contributed by atoms with E-state index < -0.39 is 27.6 Å². The van der Waals surface area contributed by atoms with E-state index in [2.05, 4.69) is 16.6 Å².